The number of carbonyl (C=O) groups is 1. The molecule has 0 bridgehead atoms. The number of hydrogen-bond donors (Lipinski definition) is 1. The molecule has 4 nitrogen and oxygen atoms in total. The largest absolute Gasteiger partial charge is 0.322 e. The van der Waals surface area contributed by atoms with Gasteiger partial charge in [-0.2, -0.15) is 5.26 Å². The molecular weight excluding hydrogens is 209 g/mol. The summed E-state index contributed by atoms with van der Waals surface area (Å²) in [6, 6.07) is 0.658. The predicted octanol–water partition coefficient (Wildman–Crippen LogP) is 0.822. The van der Waals surface area contributed by atoms with Crippen LogP contribution in [0.5, 0.6) is 0 Å². The average molecular weight is 227 g/mol. The molecule has 0 unspecified atom stereocenters. The number of hydrogen-bond acceptors (Lipinski definition) is 3. The number of carbonyl (C=O) groups excluding carboxylic acids is 1. The fraction of sp³-hybridized carbons (Fsp3) is 0.818. The Morgan fingerprint density at radius 1 is 1.75 bits per heavy atom. The zero-order valence-electron chi connectivity index (χ0n) is 9.69. The lowest BCUT2D eigenvalue weighted by molar-refractivity contribution is -0.133. The number of likely N-dealkylation sites (tertiary alicyclic amines) is 1. The molecule has 0 aromatic heterocycles. The highest BCUT2D eigenvalue weighted by molar-refractivity contribution is 5.83. The summed E-state index contributed by atoms with van der Waals surface area (Å²) < 4.78 is 13.1. The normalized spacial score (nSPS) is 28.6. The van der Waals surface area contributed by atoms with Gasteiger partial charge < -0.3 is 10.6 Å². The van der Waals surface area contributed by atoms with E-state index in [0.29, 0.717) is 0 Å². The zero-order chi connectivity index (χ0) is 12.3. The Labute approximate surface area is 95.2 Å². The van der Waals surface area contributed by atoms with Crippen molar-refractivity contribution >= 4 is 5.91 Å². The summed E-state index contributed by atoms with van der Waals surface area (Å²) in [7, 11) is 0. The monoisotopic (exact) mass is 227 g/mol. The number of rotatable bonds is 3. The van der Waals surface area contributed by atoms with Gasteiger partial charge in [-0.25, -0.2) is 4.39 Å². The molecule has 0 spiro atoms. The smallest absolute Gasteiger partial charge is 0.240 e. The Bertz CT molecular complexity index is 302. The second kappa shape index (κ2) is 5.26. The Morgan fingerprint density at radius 3 is 2.88 bits per heavy atom. The van der Waals surface area contributed by atoms with Crippen LogP contribution in [-0.4, -0.2) is 35.6 Å². The van der Waals surface area contributed by atoms with Crippen molar-refractivity contribution in [2.45, 2.75) is 44.9 Å². The van der Waals surface area contributed by atoms with Crippen LogP contribution in [-0.2, 0) is 4.79 Å². The molecule has 0 aliphatic carbocycles. The van der Waals surface area contributed by atoms with Crippen LogP contribution in [0, 0.1) is 17.2 Å². The highest BCUT2D eigenvalue weighted by atomic mass is 19.1. The quantitative estimate of drug-likeness (QED) is 0.776. The molecule has 1 amide bonds. The summed E-state index contributed by atoms with van der Waals surface area (Å²) in [6.45, 7) is 3.83. The second-order valence-electron chi connectivity index (χ2n) is 4.38. The van der Waals surface area contributed by atoms with E-state index in [1.807, 2.05) is 19.9 Å². The van der Waals surface area contributed by atoms with Crippen LogP contribution in [0.4, 0.5) is 4.39 Å². The van der Waals surface area contributed by atoms with Crippen molar-refractivity contribution in [3.8, 4) is 6.07 Å². The molecule has 1 heterocycles. The van der Waals surface area contributed by atoms with Crippen molar-refractivity contribution in [1.29, 1.82) is 5.26 Å². The van der Waals surface area contributed by atoms with E-state index >= 15 is 0 Å². The van der Waals surface area contributed by atoms with E-state index in [4.69, 9.17) is 11.0 Å². The first kappa shape index (κ1) is 12.9. The third kappa shape index (κ3) is 2.50. The number of alkyl halides is 1. The number of nitrogens with two attached hydrogens (primary N) is 1. The summed E-state index contributed by atoms with van der Waals surface area (Å²) in [5.41, 5.74) is 5.79. The molecule has 2 N–H and O–H groups in total. The van der Waals surface area contributed by atoms with Crippen molar-refractivity contribution in [3.05, 3.63) is 0 Å². The lowest BCUT2D eigenvalue weighted by atomic mass is 9.99. The van der Waals surface area contributed by atoms with Crippen LogP contribution in [0.3, 0.4) is 0 Å². The first-order valence-corrected chi connectivity index (χ1v) is 5.61. The first-order chi connectivity index (χ1) is 7.51. The topological polar surface area (TPSA) is 70.1 Å². The molecule has 0 aromatic carbocycles. The molecule has 1 fully saturated rings. The van der Waals surface area contributed by atoms with Gasteiger partial charge in [0.25, 0.3) is 0 Å². The van der Waals surface area contributed by atoms with Gasteiger partial charge in [0, 0.05) is 6.42 Å². The molecule has 1 saturated heterocycles. The average Bonchev–Trinajstić information content (AvgIpc) is 2.67. The SMILES string of the molecule is CC[C@@H](C)[C@H](N)C(=O)N1C[C@@H](F)C[C@H]1C#N. The molecule has 1 aliphatic rings. The standard InChI is InChI=1S/C11H18FN3O/c1-3-7(2)10(14)11(16)15-6-8(12)4-9(15)5-13/h7-10H,3-4,6,14H2,1-2H3/t7-,8+,9+,10+/m1/s1. The van der Waals surface area contributed by atoms with Crippen LogP contribution in [0.2, 0.25) is 0 Å². The highest BCUT2D eigenvalue weighted by Gasteiger charge is 2.38. The molecule has 0 aromatic rings. The molecule has 0 radical (unpaired) electrons. The summed E-state index contributed by atoms with van der Waals surface area (Å²) in [5.74, 6) is -0.258. The van der Waals surface area contributed by atoms with Crippen molar-refractivity contribution < 1.29 is 9.18 Å². The number of nitrogens with zero attached hydrogens (tertiary/aromatic N) is 2. The summed E-state index contributed by atoms with van der Waals surface area (Å²) in [5, 5.41) is 8.83. The fourth-order valence-electron chi connectivity index (χ4n) is 1.84. The maximum Gasteiger partial charge on any atom is 0.240 e. The second-order valence-corrected chi connectivity index (χ2v) is 4.38. The maximum absolute atomic E-state index is 13.1. The number of nitriles is 1. The number of amides is 1. The number of halogens is 1. The van der Waals surface area contributed by atoms with Gasteiger partial charge in [-0.3, -0.25) is 4.79 Å². The fourth-order valence-corrected chi connectivity index (χ4v) is 1.84. The first-order valence-electron chi connectivity index (χ1n) is 5.61. The van der Waals surface area contributed by atoms with E-state index in [9.17, 15) is 9.18 Å². The van der Waals surface area contributed by atoms with Crippen LogP contribution in [0.25, 0.3) is 0 Å². The minimum Gasteiger partial charge on any atom is -0.322 e. The molecule has 0 saturated carbocycles. The van der Waals surface area contributed by atoms with Crippen molar-refractivity contribution in [1.82, 2.24) is 4.90 Å². The van der Waals surface area contributed by atoms with Crippen molar-refractivity contribution in [2.75, 3.05) is 6.54 Å². The zero-order valence-corrected chi connectivity index (χ0v) is 9.69. The van der Waals surface area contributed by atoms with Gasteiger partial charge in [-0.1, -0.05) is 20.3 Å². The Hall–Kier alpha value is -1.15. The van der Waals surface area contributed by atoms with Gasteiger partial charge in [0.2, 0.25) is 5.91 Å². The van der Waals surface area contributed by atoms with E-state index < -0.39 is 18.3 Å². The van der Waals surface area contributed by atoms with Gasteiger partial charge in [0.15, 0.2) is 0 Å². The Morgan fingerprint density at radius 2 is 2.38 bits per heavy atom. The van der Waals surface area contributed by atoms with Gasteiger partial charge in [-0.15, -0.1) is 0 Å². The van der Waals surface area contributed by atoms with Gasteiger partial charge >= 0.3 is 0 Å². The Kier molecular flexibility index (Phi) is 4.25. The van der Waals surface area contributed by atoms with Gasteiger partial charge in [0.1, 0.15) is 12.2 Å². The van der Waals surface area contributed by atoms with E-state index in [1.165, 1.54) is 4.90 Å². The summed E-state index contributed by atoms with van der Waals surface area (Å²) >= 11 is 0. The molecular formula is C11H18FN3O. The third-order valence-corrected chi connectivity index (χ3v) is 3.22. The minimum atomic E-state index is -1.10. The van der Waals surface area contributed by atoms with E-state index in [1.54, 1.807) is 0 Å². The van der Waals surface area contributed by atoms with Crippen molar-refractivity contribution in [2.24, 2.45) is 11.7 Å². The van der Waals surface area contributed by atoms with Crippen molar-refractivity contribution in [3.63, 3.8) is 0 Å². The predicted molar refractivity (Wildman–Crippen MR) is 58.1 cm³/mol. The maximum atomic E-state index is 13.1. The van der Waals surface area contributed by atoms with Crippen LogP contribution >= 0.6 is 0 Å². The van der Waals surface area contributed by atoms with Crippen LogP contribution < -0.4 is 5.73 Å². The summed E-state index contributed by atoms with van der Waals surface area (Å²) in [4.78, 5) is 13.2. The molecule has 1 rings (SSSR count). The molecule has 5 heteroatoms. The molecule has 90 valence electrons. The highest BCUT2D eigenvalue weighted by Crippen LogP contribution is 2.22. The van der Waals surface area contributed by atoms with Gasteiger partial charge in [-0.05, 0) is 5.92 Å². The lowest BCUT2D eigenvalue weighted by Gasteiger charge is -2.25. The Balaban J connectivity index is 2.70. The molecule has 4 atom stereocenters. The van der Waals surface area contributed by atoms with E-state index in [2.05, 4.69) is 0 Å². The molecule has 16 heavy (non-hydrogen) atoms. The van der Waals surface area contributed by atoms with E-state index in [-0.39, 0.29) is 24.8 Å². The van der Waals surface area contributed by atoms with Crippen LogP contribution in [0.1, 0.15) is 26.7 Å². The van der Waals surface area contributed by atoms with Crippen LogP contribution in [0.15, 0.2) is 0 Å². The molecule has 1 aliphatic heterocycles. The summed E-state index contributed by atoms with van der Waals surface area (Å²) in [6.07, 6.45) is -0.204. The lowest BCUT2D eigenvalue weighted by Crippen LogP contribution is -2.48. The van der Waals surface area contributed by atoms with Gasteiger partial charge in [0.05, 0.1) is 18.7 Å². The van der Waals surface area contributed by atoms with E-state index in [0.717, 1.165) is 6.42 Å². The minimum absolute atomic E-state index is 0.00118. The third-order valence-electron chi connectivity index (χ3n) is 3.22.